The van der Waals surface area contributed by atoms with Crippen LogP contribution in [-0.4, -0.2) is 12.6 Å². The van der Waals surface area contributed by atoms with Gasteiger partial charge < -0.3 is 4.74 Å². The molecule has 0 aliphatic heterocycles. The Labute approximate surface area is 193 Å². The summed E-state index contributed by atoms with van der Waals surface area (Å²) >= 11 is 0. The number of ether oxygens (including phenoxy) is 1. The molecule has 178 valence electrons. The van der Waals surface area contributed by atoms with E-state index in [-0.39, 0.29) is 11.4 Å². The Kier molecular flexibility index (Phi) is 15.4. The van der Waals surface area contributed by atoms with Gasteiger partial charge in [-0.25, -0.2) is 4.79 Å². The Morgan fingerprint density at radius 3 is 1.77 bits per heavy atom. The van der Waals surface area contributed by atoms with Gasteiger partial charge in [0.2, 0.25) is 0 Å². The molecule has 0 fully saturated rings. The lowest BCUT2D eigenvalue weighted by molar-refractivity contribution is 0.0264. The molecule has 1 aromatic rings. The van der Waals surface area contributed by atoms with Crippen LogP contribution in [0.3, 0.4) is 0 Å². The van der Waals surface area contributed by atoms with Crippen LogP contribution in [0.5, 0.6) is 0 Å². The SMILES string of the molecule is CCCCCCCCC(C)(CCCCCC)COC(=O)c1ccc(CCCCC)cc1. The molecular formula is C29H50O2. The fraction of sp³-hybridized carbons (Fsp3) is 0.759. The monoisotopic (exact) mass is 430 g/mol. The van der Waals surface area contributed by atoms with E-state index in [2.05, 4.69) is 39.8 Å². The molecule has 0 spiro atoms. The lowest BCUT2D eigenvalue weighted by atomic mass is 9.80. The average molecular weight is 431 g/mol. The van der Waals surface area contributed by atoms with Crippen molar-refractivity contribution < 1.29 is 9.53 Å². The Morgan fingerprint density at radius 2 is 1.19 bits per heavy atom. The van der Waals surface area contributed by atoms with Crippen LogP contribution in [0.15, 0.2) is 24.3 Å². The van der Waals surface area contributed by atoms with E-state index in [1.807, 2.05) is 12.1 Å². The fourth-order valence-corrected chi connectivity index (χ4v) is 4.29. The average Bonchev–Trinajstić information content (AvgIpc) is 2.78. The quantitative estimate of drug-likeness (QED) is 0.161. The van der Waals surface area contributed by atoms with Crippen LogP contribution in [0.4, 0.5) is 0 Å². The van der Waals surface area contributed by atoms with Crippen molar-refractivity contribution in [3.8, 4) is 0 Å². The first-order valence-electron chi connectivity index (χ1n) is 13.3. The van der Waals surface area contributed by atoms with Crippen molar-refractivity contribution in [3.05, 3.63) is 35.4 Å². The molecule has 0 aliphatic carbocycles. The van der Waals surface area contributed by atoms with Gasteiger partial charge in [-0.2, -0.15) is 0 Å². The molecule has 2 heteroatoms. The highest BCUT2D eigenvalue weighted by Gasteiger charge is 2.26. The second-order valence-corrected chi connectivity index (χ2v) is 9.87. The summed E-state index contributed by atoms with van der Waals surface area (Å²) in [5, 5.41) is 0. The van der Waals surface area contributed by atoms with Gasteiger partial charge in [-0.1, -0.05) is 117 Å². The smallest absolute Gasteiger partial charge is 0.338 e. The second-order valence-electron chi connectivity index (χ2n) is 9.87. The van der Waals surface area contributed by atoms with Crippen LogP contribution < -0.4 is 0 Å². The zero-order valence-electron chi connectivity index (χ0n) is 21.1. The Bertz CT molecular complexity index is 563. The number of unbranched alkanes of at least 4 members (excludes halogenated alkanes) is 10. The van der Waals surface area contributed by atoms with E-state index in [9.17, 15) is 4.79 Å². The van der Waals surface area contributed by atoms with Crippen molar-refractivity contribution >= 4 is 5.97 Å². The number of benzene rings is 1. The number of hydrogen-bond donors (Lipinski definition) is 0. The van der Waals surface area contributed by atoms with Gasteiger partial charge in [-0.3, -0.25) is 0 Å². The van der Waals surface area contributed by atoms with Gasteiger partial charge in [-0.05, 0) is 43.4 Å². The summed E-state index contributed by atoms with van der Waals surface area (Å²) in [4.78, 5) is 12.7. The first-order chi connectivity index (χ1) is 15.0. The molecular weight excluding hydrogens is 380 g/mol. The lowest BCUT2D eigenvalue weighted by Crippen LogP contribution is -2.25. The molecule has 0 heterocycles. The molecule has 2 nitrogen and oxygen atoms in total. The Morgan fingerprint density at radius 1 is 0.710 bits per heavy atom. The van der Waals surface area contributed by atoms with Gasteiger partial charge in [0.15, 0.2) is 0 Å². The van der Waals surface area contributed by atoms with Gasteiger partial charge in [0.1, 0.15) is 0 Å². The topological polar surface area (TPSA) is 26.3 Å². The third-order valence-electron chi connectivity index (χ3n) is 6.58. The van der Waals surface area contributed by atoms with E-state index in [0.29, 0.717) is 12.2 Å². The first-order valence-corrected chi connectivity index (χ1v) is 13.3. The van der Waals surface area contributed by atoms with E-state index in [4.69, 9.17) is 4.74 Å². The summed E-state index contributed by atoms with van der Waals surface area (Å²) < 4.78 is 5.85. The van der Waals surface area contributed by atoms with E-state index >= 15 is 0 Å². The molecule has 0 amide bonds. The van der Waals surface area contributed by atoms with E-state index in [1.165, 1.54) is 89.0 Å². The van der Waals surface area contributed by atoms with Gasteiger partial charge in [0.05, 0.1) is 12.2 Å². The summed E-state index contributed by atoms with van der Waals surface area (Å²) in [6.07, 6.45) is 20.1. The highest BCUT2D eigenvalue weighted by atomic mass is 16.5. The molecule has 1 unspecified atom stereocenters. The lowest BCUT2D eigenvalue weighted by Gasteiger charge is -2.29. The third-order valence-corrected chi connectivity index (χ3v) is 6.58. The van der Waals surface area contributed by atoms with Crippen LogP contribution in [0, 0.1) is 5.41 Å². The molecule has 1 rings (SSSR count). The molecule has 31 heavy (non-hydrogen) atoms. The van der Waals surface area contributed by atoms with E-state index < -0.39 is 0 Å². The molecule has 0 aliphatic rings. The van der Waals surface area contributed by atoms with E-state index in [1.54, 1.807) is 0 Å². The minimum Gasteiger partial charge on any atom is -0.462 e. The number of esters is 1. The molecule has 0 radical (unpaired) electrons. The van der Waals surface area contributed by atoms with Crippen LogP contribution in [0.2, 0.25) is 0 Å². The second kappa shape index (κ2) is 17.3. The van der Waals surface area contributed by atoms with Crippen molar-refractivity contribution in [2.24, 2.45) is 5.41 Å². The number of carbonyl (C=O) groups excluding carboxylic acids is 1. The van der Waals surface area contributed by atoms with Crippen LogP contribution in [-0.2, 0) is 11.2 Å². The minimum atomic E-state index is -0.164. The van der Waals surface area contributed by atoms with Crippen LogP contribution in [0.1, 0.15) is 140 Å². The zero-order valence-corrected chi connectivity index (χ0v) is 21.1. The molecule has 0 N–H and O–H groups in total. The van der Waals surface area contributed by atoms with Gasteiger partial charge in [0.25, 0.3) is 0 Å². The summed E-state index contributed by atoms with van der Waals surface area (Å²) in [6, 6.07) is 8.06. The normalized spacial score (nSPS) is 13.2. The maximum absolute atomic E-state index is 12.7. The summed E-state index contributed by atoms with van der Waals surface area (Å²) in [5.74, 6) is -0.164. The molecule has 1 atom stereocenters. The molecule has 0 aromatic heterocycles. The molecule has 0 bridgehead atoms. The Hall–Kier alpha value is -1.31. The predicted molar refractivity (Wildman–Crippen MR) is 135 cm³/mol. The predicted octanol–water partition coefficient (Wildman–Crippen LogP) is 9.30. The Balaban J connectivity index is 2.52. The van der Waals surface area contributed by atoms with Gasteiger partial charge >= 0.3 is 5.97 Å². The number of hydrogen-bond acceptors (Lipinski definition) is 2. The van der Waals surface area contributed by atoms with Crippen LogP contribution in [0.25, 0.3) is 0 Å². The summed E-state index contributed by atoms with van der Waals surface area (Å²) in [6.45, 7) is 9.62. The molecule has 0 saturated carbocycles. The maximum atomic E-state index is 12.7. The largest absolute Gasteiger partial charge is 0.462 e. The molecule has 1 aromatic carbocycles. The van der Waals surface area contributed by atoms with Crippen molar-refractivity contribution in [3.63, 3.8) is 0 Å². The number of aryl methyl sites for hydroxylation is 1. The van der Waals surface area contributed by atoms with Crippen molar-refractivity contribution in [2.75, 3.05) is 6.61 Å². The van der Waals surface area contributed by atoms with Crippen molar-refractivity contribution in [1.82, 2.24) is 0 Å². The van der Waals surface area contributed by atoms with Crippen molar-refractivity contribution in [2.45, 2.75) is 130 Å². The minimum absolute atomic E-state index is 0.105. The third kappa shape index (κ3) is 13.0. The number of rotatable bonds is 19. The maximum Gasteiger partial charge on any atom is 0.338 e. The fourth-order valence-electron chi connectivity index (χ4n) is 4.29. The first kappa shape index (κ1) is 27.7. The summed E-state index contributed by atoms with van der Waals surface area (Å²) in [7, 11) is 0. The zero-order chi connectivity index (χ0) is 22.8. The highest BCUT2D eigenvalue weighted by molar-refractivity contribution is 5.89. The van der Waals surface area contributed by atoms with Crippen LogP contribution >= 0.6 is 0 Å². The molecule has 0 saturated heterocycles. The number of carbonyl (C=O) groups is 1. The van der Waals surface area contributed by atoms with Gasteiger partial charge in [0, 0.05) is 5.41 Å². The highest BCUT2D eigenvalue weighted by Crippen LogP contribution is 2.32. The standard InChI is InChI=1S/C29H50O2/c1-5-8-11-13-14-17-24-29(4,23-16-12-9-6-2)25-31-28(30)27-21-19-26(20-22-27)18-15-10-7-3/h19-22H,5-18,23-25H2,1-4H3. The van der Waals surface area contributed by atoms with Crippen molar-refractivity contribution in [1.29, 1.82) is 0 Å². The summed E-state index contributed by atoms with van der Waals surface area (Å²) in [5.41, 5.74) is 2.11. The van der Waals surface area contributed by atoms with Gasteiger partial charge in [-0.15, -0.1) is 0 Å². The van der Waals surface area contributed by atoms with E-state index in [0.717, 1.165) is 19.3 Å².